The van der Waals surface area contributed by atoms with Gasteiger partial charge in [-0.25, -0.2) is 0 Å². The highest BCUT2D eigenvalue weighted by molar-refractivity contribution is 6.32. The molecule has 1 aliphatic rings. The van der Waals surface area contributed by atoms with Crippen molar-refractivity contribution in [3.63, 3.8) is 0 Å². The molecule has 0 aromatic heterocycles. The normalized spacial score (nSPS) is 14.2. The van der Waals surface area contributed by atoms with Gasteiger partial charge in [-0.1, -0.05) is 41.9 Å². The van der Waals surface area contributed by atoms with Gasteiger partial charge in [-0.15, -0.1) is 0 Å². The number of nitrogens with zero attached hydrogens (tertiary/aromatic N) is 1. The van der Waals surface area contributed by atoms with E-state index in [1.54, 1.807) is 30.2 Å². The van der Waals surface area contributed by atoms with Gasteiger partial charge in [0.1, 0.15) is 11.8 Å². The van der Waals surface area contributed by atoms with Gasteiger partial charge in [0.05, 0.1) is 12.1 Å². The van der Waals surface area contributed by atoms with Crippen LogP contribution in [-0.4, -0.2) is 25.5 Å². The molecule has 0 aliphatic carbocycles. The molecule has 1 heterocycles. The molecule has 3 aromatic carbocycles. The Morgan fingerprint density at radius 3 is 2.38 bits per heavy atom. The largest absolute Gasteiger partial charge is 0.495 e. The molecule has 4 rings (SSSR count). The van der Waals surface area contributed by atoms with E-state index in [-0.39, 0.29) is 11.8 Å². The van der Waals surface area contributed by atoms with Crippen molar-refractivity contribution >= 4 is 40.5 Å². The Bertz CT molecular complexity index is 1100. The van der Waals surface area contributed by atoms with Crippen molar-refractivity contribution < 1.29 is 14.3 Å². The number of carbonyl (C=O) groups excluding carboxylic acids is 2. The molecule has 1 atom stereocenters. The lowest BCUT2D eigenvalue weighted by molar-refractivity contribution is -0.117. The van der Waals surface area contributed by atoms with Gasteiger partial charge in [0, 0.05) is 30.0 Å². The molecule has 32 heavy (non-hydrogen) atoms. The summed E-state index contributed by atoms with van der Waals surface area (Å²) in [6, 6.07) is 21.5. The molecule has 0 bridgehead atoms. The number of carbonyl (C=O) groups is 2. The summed E-state index contributed by atoms with van der Waals surface area (Å²) < 4.78 is 5.17. The highest BCUT2D eigenvalue weighted by Crippen LogP contribution is 2.29. The van der Waals surface area contributed by atoms with E-state index in [9.17, 15) is 9.59 Å². The van der Waals surface area contributed by atoms with Crippen molar-refractivity contribution in [1.82, 2.24) is 0 Å². The molecule has 0 saturated carbocycles. The molecule has 6 nitrogen and oxygen atoms in total. The van der Waals surface area contributed by atoms with Gasteiger partial charge in [-0.3, -0.25) is 9.59 Å². The van der Waals surface area contributed by atoms with Gasteiger partial charge in [0.2, 0.25) is 5.91 Å². The highest BCUT2D eigenvalue weighted by Gasteiger charge is 2.23. The zero-order valence-electron chi connectivity index (χ0n) is 17.7. The van der Waals surface area contributed by atoms with Gasteiger partial charge in [0.15, 0.2) is 0 Å². The average Bonchev–Trinajstić information content (AvgIpc) is 3.24. The molecular weight excluding hydrogens is 426 g/mol. The fraction of sp³-hybridized carbons (Fsp3) is 0.200. The van der Waals surface area contributed by atoms with Crippen molar-refractivity contribution in [1.29, 1.82) is 0 Å². The first-order valence-electron chi connectivity index (χ1n) is 10.4. The summed E-state index contributed by atoms with van der Waals surface area (Å²) in [7, 11) is 1.54. The van der Waals surface area contributed by atoms with Crippen molar-refractivity contribution in [2.45, 2.75) is 18.9 Å². The van der Waals surface area contributed by atoms with Crippen LogP contribution in [0.3, 0.4) is 0 Å². The van der Waals surface area contributed by atoms with E-state index in [2.05, 4.69) is 10.6 Å². The van der Waals surface area contributed by atoms with Gasteiger partial charge in [-0.05, 0) is 54.4 Å². The number of hydrogen-bond donors (Lipinski definition) is 2. The number of anilines is 3. The zero-order valence-corrected chi connectivity index (χ0v) is 18.4. The van der Waals surface area contributed by atoms with Crippen molar-refractivity contribution in [3.8, 4) is 5.75 Å². The van der Waals surface area contributed by atoms with Crippen LogP contribution in [0.2, 0.25) is 5.02 Å². The minimum atomic E-state index is -0.628. The summed E-state index contributed by atoms with van der Waals surface area (Å²) in [6.07, 6.45) is 1.47. The maximum absolute atomic E-state index is 13.2. The second-order valence-corrected chi connectivity index (χ2v) is 7.93. The van der Waals surface area contributed by atoms with Crippen LogP contribution in [0.5, 0.6) is 5.75 Å². The summed E-state index contributed by atoms with van der Waals surface area (Å²) in [5.74, 6) is 0.459. The number of nitrogens with one attached hydrogen (secondary N) is 2. The summed E-state index contributed by atoms with van der Waals surface area (Å²) in [5.41, 5.74) is 3.04. The van der Waals surface area contributed by atoms with E-state index in [0.717, 1.165) is 29.9 Å². The molecule has 2 N–H and O–H groups in total. The minimum Gasteiger partial charge on any atom is -0.495 e. The topological polar surface area (TPSA) is 70.7 Å². The SMILES string of the molecule is COc1ccc(NC(=O)C(Nc2ccc(N3CCCC3=O)cc2)c2ccccc2)cc1Cl. The first kappa shape index (κ1) is 21.7. The number of methoxy groups -OCH3 is 1. The molecule has 7 heteroatoms. The fourth-order valence-electron chi connectivity index (χ4n) is 3.73. The van der Waals surface area contributed by atoms with E-state index in [0.29, 0.717) is 22.9 Å². The number of ether oxygens (including phenoxy) is 1. The lowest BCUT2D eigenvalue weighted by atomic mass is 10.1. The van der Waals surface area contributed by atoms with E-state index in [4.69, 9.17) is 16.3 Å². The third-order valence-electron chi connectivity index (χ3n) is 5.38. The lowest BCUT2D eigenvalue weighted by Crippen LogP contribution is -2.27. The standard InChI is InChI=1S/C25H24ClN3O3/c1-32-22-14-11-19(16-21(22)26)28-25(31)24(17-6-3-2-4-7-17)27-18-9-12-20(13-10-18)29-15-5-8-23(29)30/h2-4,6-7,9-14,16,24,27H,5,8,15H2,1H3,(H,28,31). The molecule has 1 saturated heterocycles. The molecular formula is C25H24ClN3O3. The fourth-order valence-corrected chi connectivity index (χ4v) is 3.99. The van der Waals surface area contributed by atoms with Crippen LogP contribution in [0.1, 0.15) is 24.4 Å². The number of amides is 2. The number of rotatable bonds is 7. The first-order chi connectivity index (χ1) is 15.5. The van der Waals surface area contributed by atoms with Gasteiger partial charge in [-0.2, -0.15) is 0 Å². The Labute approximate surface area is 192 Å². The number of benzene rings is 3. The van der Waals surface area contributed by atoms with Crippen LogP contribution < -0.4 is 20.3 Å². The monoisotopic (exact) mass is 449 g/mol. The second-order valence-electron chi connectivity index (χ2n) is 7.52. The highest BCUT2D eigenvalue weighted by atomic mass is 35.5. The van der Waals surface area contributed by atoms with Gasteiger partial charge >= 0.3 is 0 Å². The zero-order chi connectivity index (χ0) is 22.5. The molecule has 3 aromatic rings. The smallest absolute Gasteiger partial charge is 0.251 e. The summed E-state index contributed by atoms with van der Waals surface area (Å²) in [5, 5.41) is 6.65. The molecule has 164 valence electrons. The molecule has 0 radical (unpaired) electrons. The Morgan fingerprint density at radius 2 is 1.75 bits per heavy atom. The Morgan fingerprint density at radius 1 is 1.03 bits per heavy atom. The van der Waals surface area contributed by atoms with Crippen LogP contribution in [0.4, 0.5) is 17.1 Å². The lowest BCUT2D eigenvalue weighted by Gasteiger charge is -2.21. The van der Waals surface area contributed by atoms with Gasteiger partial charge < -0.3 is 20.3 Å². The maximum Gasteiger partial charge on any atom is 0.251 e. The van der Waals surface area contributed by atoms with Crippen LogP contribution in [-0.2, 0) is 9.59 Å². The molecule has 1 unspecified atom stereocenters. The van der Waals surface area contributed by atoms with E-state index in [1.807, 2.05) is 54.6 Å². The van der Waals surface area contributed by atoms with E-state index >= 15 is 0 Å². The predicted octanol–water partition coefficient (Wildman–Crippen LogP) is 5.27. The summed E-state index contributed by atoms with van der Waals surface area (Å²) >= 11 is 6.20. The van der Waals surface area contributed by atoms with Crippen LogP contribution in [0.15, 0.2) is 72.8 Å². The first-order valence-corrected chi connectivity index (χ1v) is 10.8. The summed E-state index contributed by atoms with van der Waals surface area (Å²) in [6.45, 7) is 0.741. The van der Waals surface area contributed by atoms with Crippen molar-refractivity contribution in [3.05, 3.63) is 83.4 Å². The molecule has 0 spiro atoms. The number of halogens is 1. The molecule has 1 fully saturated rings. The van der Waals surface area contributed by atoms with E-state index < -0.39 is 6.04 Å². The van der Waals surface area contributed by atoms with Crippen molar-refractivity contribution in [2.24, 2.45) is 0 Å². The molecule has 2 amide bonds. The van der Waals surface area contributed by atoms with Crippen molar-refractivity contribution in [2.75, 3.05) is 29.2 Å². The third-order valence-corrected chi connectivity index (χ3v) is 5.67. The third kappa shape index (κ3) is 4.86. The Balaban J connectivity index is 1.54. The predicted molar refractivity (Wildman–Crippen MR) is 127 cm³/mol. The Kier molecular flexibility index (Phi) is 6.61. The average molecular weight is 450 g/mol. The molecule has 1 aliphatic heterocycles. The quantitative estimate of drug-likeness (QED) is 0.515. The summed E-state index contributed by atoms with van der Waals surface area (Å²) in [4.78, 5) is 27.0. The van der Waals surface area contributed by atoms with Gasteiger partial charge in [0.25, 0.3) is 5.91 Å². The maximum atomic E-state index is 13.2. The minimum absolute atomic E-state index is 0.144. The van der Waals surface area contributed by atoms with Crippen LogP contribution >= 0.6 is 11.6 Å². The second kappa shape index (κ2) is 9.75. The van der Waals surface area contributed by atoms with Crippen LogP contribution in [0.25, 0.3) is 0 Å². The van der Waals surface area contributed by atoms with E-state index in [1.165, 1.54) is 0 Å². The number of hydrogen-bond acceptors (Lipinski definition) is 4. The Hall–Kier alpha value is -3.51. The van der Waals surface area contributed by atoms with Crippen LogP contribution in [0, 0.1) is 0 Å².